The topological polar surface area (TPSA) is 74.9 Å². The second-order valence-electron chi connectivity index (χ2n) is 6.58. The number of aromatic amines is 1. The van der Waals surface area contributed by atoms with Crippen LogP contribution in [0.25, 0.3) is 22.0 Å². The first-order chi connectivity index (χ1) is 12.9. The van der Waals surface area contributed by atoms with Crippen LogP contribution in [0.1, 0.15) is 16.7 Å². The van der Waals surface area contributed by atoms with Crippen molar-refractivity contribution in [3.05, 3.63) is 76.9 Å². The molecule has 0 saturated carbocycles. The zero-order valence-electron chi connectivity index (χ0n) is 14.6. The minimum Gasteiger partial charge on any atom is -0.508 e. The minimum atomic E-state index is -0.616. The zero-order valence-corrected chi connectivity index (χ0v) is 14.6. The van der Waals surface area contributed by atoms with Crippen LogP contribution in [0, 0.1) is 18.6 Å². The van der Waals surface area contributed by atoms with E-state index in [0.29, 0.717) is 11.4 Å². The van der Waals surface area contributed by atoms with Gasteiger partial charge in [-0.25, -0.2) is 8.78 Å². The number of hydrogen-bond donors (Lipinski definition) is 3. The van der Waals surface area contributed by atoms with Gasteiger partial charge in [-0.15, -0.1) is 0 Å². The number of nitrogens with two attached hydrogens (primary N) is 1. The van der Waals surface area contributed by atoms with Crippen LogP contribution < -0.4 is 5.73 Å². The lowest BCUT2D eigenvalue weighted by atomic mass is 9.91. The molecule has 0 spiro atoms. The maximum absolute atomic E-state index is 14.2. The van der Waals surface area contributed by atoms with Crippen molar-refractivity contribution in [2.24, 2.45) is 0 Å². The summed E-state index contributed by atoms with van der Waals surface area (Å²) in [5, 5.41) is 17.6. The number of nitrogens with zero attached hydrogens (tertiary/aromatic N) is 1. The van der Waals surface area contributed by atoms with Crippen molar-refractivity contribution in [2.75, 3.05) is 5.73 Å². The normalized spacial score (nSPS) is 11.2. The maximum Gasteiger partial charge on any atom is 0.153 e. The number of aryl methyl sites for hydroxylation is 1. The highest BCUT2D eigenvalue weighted by atomic mass is 19.1. The SMILES string of the molecule is Cc1ccc(O)cc1-c1cc2[nH]nc(N)c2cc1Cc1ccc(F)cc1F. The number of phenolic OH excluding ortho intramolecular Hbond substituents is 1. The van der Waals surface area contributed by atoms with E-state index in [1.165, 1.54) is 12.1 Å². The van der Waals surface area contributed by atoms with Gasteiger partial charge in [-0.2, -0.15) is 5.10 Å². The second kappa shape index (κ2) is 6.39. The summed E-state index contributed by atoms with van der Waals surface area (Å²) >= 11 is 0. The number of anilines is 1. The van der Waals surface area contributed by atoms with Crippen molar-refractivity contribution in [1.29, 1.82) is 0 Å². The quantitative estimate of drug-likeness (QED) is 0.493. The molecule has 0 bridgehead atoms. The van der Waals surface area contributed by atoms with Gasteiger partial charge >= 0.3 is 0 Å². The van der Waals surface area contributed by atoms with Crippen molar-refractivity contribution in [3.8, 4) is 16.9 Å². The van der Waals surface area contributed by atoms with Crippen molar-refractivity contribution in [1.82, 2.24) is 10.2 Å². The highest BCUT2D eigenvalue weighted by Crippen LogP contribution is 2.35. The standard InChI is InChI=1S/C21H17F2N3O/c1-11-2-5-15(27)9-16(11)17-10-20-18(21(24)26-25-20)7-13(17)6-12-3-4-14(22)8-19(12)23/h2-5,7-10,27H,6H2,1H3,(H3,24,25,26). The summed E-state index contributed by atoms with van der Waals surface area (Å²) in [6.07, 6.45) is 0.247. The Kier molecular flexibility index (Phi) is 4.03. The van der Waals surface area contributed by atoms with Crippen LogP contribution in [0.3, 0.4) is 0 Å². The van der Waals surface area contributed by atoms with Gasteiger partial charge in [-0.05, 0) is 65.1 Å². The Bertz CT molecular complexity index is 1170. The van der Waals surface area contributed by atoms with Crippen molar-refractivity contribution in [3.63, 3.8) is 0 Å². The molecule has 4 nitrogen and oxygen atoms in total. The first-order valence-electron chi connectivity index (χ1n) is 8.43. The first kappa shape index (κ1) is 17.0. The summed E-state index contributed by atoms with van der Waals surface area (Å²) in [7, 11) is 0. The van der Waals surface area contributed by atoms with Crippen molar-refractivity contribution in [2.45, 2.75) is 13.3 Å². The molecule has 4 N–H and O–H groups in total. The second-order valence-corrected chi connectivity index (χ2v) is 6.58. The molecule has 0 fully saturated rings. The monoisotopic (exact) mass is 365 g/mol. The molecule has 1 heterocycles. The highest BCUT2D eigenvalue weighted by Gasteiger charge is 2.15. The fourth-order valence-electron chi connectivity index (χ4n) is 3.30. The van der Waals surface area contributed by atoms with E-state index in [-0.39, 0.29) is 12.2 Å². The predicted molar refractivity (Wildman–Crippen MR) is 102 cm³/mol. The number of hydrogen-bond acceptors (Lipinski definition) is 3. The van der Waals surface area contributed by atoms with E-state index in [1.807, 2.05) is 25.1 Å². The summed E-state index contributed by atoms with van der Waals surface area (Å²) in [4.78, 5) is 0. The van der Waals surface area contributed by atoms with Crippen LogP contribution in [0.15, 0.2) is 48.5 Å². The Balaban J connectivity index is 1.94. The van der Waals surface area contributed by atoms with E-state index in [2.05, 4.69) is 10.2 Å². The van der Waals surface area contributed by atoms with Crippen LogP contribution in [0.2, 0.25) is 0 Å². The molecule has 27 heavy (non-hydrogen) atoms. The lowest BCUT2D eigenvalue weighted by Crippen LogP contribution is -1.98. The third-order valence-corrected chi connectivity index (χ3v) is 4.72. The van der Waals surface area contributed by atoms with E-state index >= 15 is 0 Å². The summed E-state index contributed by atoms with van der Waals surface area (Å²) in [5.74, 6) is -0.729. The van der Waals surface area contributed by atoms with Crippen LogP contribution in [-0.4, -0.2) is 15.3 Å². The van der Waals surface area contributed by atoms with Gasteiger partial charge in [0.05, 0.1) is 5.52 Å². The number of aromatic nitrogens is 2. The van der Waals surface area contributed by atoms with E-state index in [0.717, 1.165) is 39.2 Å². The molecular weight excluding hydrogens is 348 g/mol. The predicted octanol–water partition coefficient (Wildman–Crippen LogP) is 4.70. The molecule has 3 aromatic carbocycles. The third kappa shape index (κ3) is 3.10. The van der Waals surface area contributed by atoms with Gasteiger partial charge in [-0.3, -0.25) is 5.10 Å². The van der Waals surface area contributed by atoms with Gasteiger partial charge in [0.15, 0.2) is 5.82 Å². The summed E-state index contributed by atoms with van der Waals surface area (Å²) in [5.41, 5.74) is 10.4. The molecule has 6 heteroatoms. The Hall–Kier alpha value is -3.41. The van der Waals surface area contributed by atoms with Crippen LogP contribution in [0.4, 0.5) is 14.6 Å². The summed E-state index contributed by atoms with van der Waals surface area (Å²) in [6.45, 7) is 1.93. The Morgan fingerprint density at radius 2 is 1.81 bits per heavy atom. The molecule has 0 saturated heterocycles. The van der Waals surface area contributed by atoms with Crippen molar-refractivity contribution < 1.29 is 13.9 Å². The van der Waals surface area contributed by atoms with E-state index in [9.17, 15) is 13.9 Å². The smallest absolute Gasteiger partial charge is 0.153 e. The Morgan fingerprint density at radius 1 is 1.00 bits per heavy atom. The van der Waals surface area contributed by atoms with Gasteiger partial charge in [0.1, 0.15) is 17.4 Å². The fraction of sp³-hybridized carbons (Fsp3) is 0.0952. The number of nitrogens with one attached hydrogen (secondary N) is 1. The molecule has 4 rings (SSSR count). The number of benzene rings is 3. The van der Waals surface area contributed by atoms with Gasteiger partial charge in [0.25, 0.3) is 0 Å². The maximum atomic E-state index is 14.2. The number of rotatable bonds is 3. The highest BCUT2D eigenvalue weighted by molar-refractivity contribution is 5.93. The van der Waals surface area contributed by atoms with Crippen molar-refractivity contribution >= 4 is 16.7 Å². The minimum absolute atomic E-state index is 0.138. The average molecular weight is 365 g/mol. The van der Waals surface area contributed by atoms with E-state index in [4.69, 9.17) is 5.73 Å². The molecule has 0 unspecified atom stereocenters. The fourth-order valence-corrected chi connectivity index (χ4v) is 3.30. The van der Waals surface area contributed by atoms with Crippen LogP contribution in [0.5, 0.6) is 5.75 Å². The Morgan fingerprint density at radius 3 is 2.59 bits per heavy atom. The van der Waals surface area contributed by atoms with E-state index in [1.54, 1.807) is 12.1 Å². The molecule has 0 aliphatic rings. The third-order valence-electron chi connectivity index (χ3n) is 4.72. The van der Waals surface area contributed by atoms with Crippen LogP contribution in [-0.2, 0) is 6.42 Å². The lowest BCUT2D eigenvalue weighted by Gasteiger charge is -2.14. The van der Waals surface area contributed by atoms with Crippen LogP contribution >= 0.6 is 0 Å². The Labute approximate surface area is 154 Å². The zero-order chi connectivity index (χ0) is 19.1. The average Bonchev–Trinajstić information content (AvgIpc) is 2.99. The largest absolute Gasteiger partial charge is 0.508 e. The first-order valence-corrected chi connectivity index (χ1v) is 8.43. The number of aromatic hydroxyl groups is 1. The number of halogens is 2. The molecule has 136 valence electrons. The van der Waals surface area contributed by atoms with Gasteiger partial charge < -0.3 is 10.8 Å². The molecular formula is C21H17F2N3O. The van der Waals surface area contributed by atoms with E-state index < -0.39 is 11.6 Å². The summed E-state index contributed by atoms with van der Waals surface area (Å²) < 4.78 is 27.5. The number of phenols is 1. The van der Waals surface area contributed by atoms with Gasteiger partial charge in [-0.1, -0.05) is 12.1 Å². The molecule has 0 amide bonds. The van der Waals surface area contributed by atoms with Gasteiger partial charge in [0, 0.05) is 17.9 Å². The summed E-state index contributed by atoms with van der Waals surface area (Å²) in [6, 6.07) is 12.4. The molecule has 0 aliphatic heterocycles. The van der Waals surface area contributed by atoms with Gasteiger partial charge in [0.2, 0.25) is 0 Å². The molecule has 1 aromatic heterocycles. The number of nitrogen functional groups attached to an aromatic ring is 1. The number of fused-ring (bicyclic) bond motifs is 1. The molecule has 0 aliphatic carbocycles. The number of H-pyrrole nitrogens is 1. The lowest BCUT2D eigenvalue weighted by molar-refractivity contribution is 0.475. The molecule has 4 aromatic rings. The molecule has 0 atom stereocenters. The molecule has 0 radical (unpaired) electrons.